The zero-order chi connectivity index (χ0) is 23.1. The summed E-state index contributed by atoms with van der Waals surface area (Å²) in [5.74, 6) is -1.01. The Labute approximate surface area is 188 Å². The summed E-state index contributed by atoms with van der Waals surface area (Å²) in [5, 5.41) is 2.64. The molecule has 0 bridgehead atoms. The van der Waals surface area contributed by atoms with Crippen LogP contribution in [-0.2, 0) is 16.0 Å². The van der Waals surface area contributed by atoms with Gasteiger partial charge in [-0.25, -0.2) is 0 Å². The average molecular weight is 436 g/mol. The lowest BCUT2D eigenvalue weighted by Gasteiger charge is -2.30. The van der Waals surface area contributed by atoms with Crippen LogP contribution in [0.5, 0.6) is 0 Å². The van der Waals surface area contributed by atoms with Gasteiger partial charge in [0.15, 0.2) is 0 Å². The van der Waals surface area contributed by atoms with E-state index in [1.54, 1.807) is 36.2 Å². The van der Waals surface area contributed by atoms with Crippen LogP contribution >= 0.6 is 0 Å². The number of nitrogens with zero attached hydrogens (tertiary/aromatic N) is 2. The smallest absolute Gasteiger partial charge is 0.261 e. The predicted octanol–water partition coefficient (Wildman–Crippen LogP) is 2.66. The molecule has 0 spiro atoms. The summed E-state index contributed by atoms with van der Waals surface area (Å²) in [6.07, 6.45) is 1.63. The number of benzene rings is 2. The van der Waals surface area contributed by atoms with Crippen molar-refractivity contribution in [2.45, 2.75) is 38.6 Å². The van der Waals surface area contributed by atoms with Crippen LogP contribution in [-0.4, -0.2) is 59.6 Å². The van der Waals surface area contributed by atoms with Crippen LogP contribution in [0.3, 0.4) is 0 Å². The van der Waals surface area contributed by atoms with E-state index < -0.39 is 6.04 Å². The van der Waals surface area contributed by atoms with Crippen molar-refractivity contribution in [3.8, 4) is 0 Å². The van der Waals surface area contributed by atoms with Crippen LogP contribution in [0.4, 0.5) is 0 Å². The number of fused-ring (bicyclic) bond motifs is 1. The van der Waals surface area contributed by atoms with Crippen molar-refractivity contribution in [3.63, 3.8) is 0 Å². The number of hydrogen-bond donors (Lipinski definition) is 1. The second-order valence-electron chi connectivity index (χ2n) is 7.77. The first-order chi connectivity index (χ1) is 15.5. The number of nitrogens with one attached hydrogen (secondary N) is 1. The van der Waals surface area contributed by atoms with E-state index in [1.807, 2.05) is 37.3 Å². The molecule has 7 nitrogen and oxygen atoms in total. The minimum atomic E-state index is -0.560. The van der Waals surface area contributed by atoms with Crippen LogP contribution in [0.15, 0.2) is 54.6 Å². The SMILES string of the molecule is CCC(C(=O)NC)N(CCc1ccccc1)C(=O)CCCN1C(=O)c2ccccc2C1=O. The fraction of sp³-hybridized carbons (Fsp3) is 0.360. The van der Waals surface area contributed by atoms with E-state index in [1.165, 1.54) is 4.90 Å². The Morgan fingerprint density at radius 1 is 0.969 bits per heavy atom. The second-order valence-corrected chi connectivity index (χ2v) is 7.77. The maximum absolute atomic E-state index is 13.1. The van der Waals surface area contributed by atoms with Crippen molar-refractivity contribution in [1.29, 1.82) is 0 Å². The molecule has 3 rings (SSSR count). The van der Waals surface area contributed by atoms with Gasteiger partial charge in [0.25, 0.3) is 11.8 Å². The molecule has 1 N–H and O–H groups in total. The van der Waals surface area contributed by atoms with E-state index in [2.05, 4.69) is 5.32 Å². The fourth-order valence-corrected chi connectivity index (χ4v) is 4.04. The molecule has 2 aromatic rings. The topological polar surface area (TPSA) is 86.8 Å². The molecule has 1 heterocycles. The molecule has 1 unspecified atom stereocenters. The normalized spacial score (nSPS) is 13.6. The van der Waals surface area contributed by atoms with Crippen LogP contribution in [0.1, 0.15) is 52.5 Å². The Bertz CT molecular complexity index is 955. The zero-order valence-electron chi connectivity index (χ0n) is 18.5. The lowest BCUT2D eigenvalue weighted by molar-refractivity contribution is -0.140. The Morgan fingerprint density at radius 3 is 2.12 bits per heavy atom. The van der Waals surface area contributed by atoms with Gasteiger partial charge in [0.05, 0.1) is 11.1 Å². The maximum atomic E-state index is 13.1. The van der Waals surface area contributed by atoms with Crippen LogP contribution in [0, 0.1) is 0 Å². The third kappa shape index (κ3) is 5.04. The third-order valence-corrected chi connectivity index (χ3v) is 5.77. The molecule has 1 aliphatic rings. The van der Waals surface area contributed by atoms with Gasteiger partial charge in [-0.15, -0.1) is 0 Å². The number of likely N-dealkylation sites (N-methyl/N-ethyl adjacent to an activating group) is 1. The van der Waals surface area contributed by atoms with E-state index in [-0.39, 0.29) is 36.6 Å². The number of carbonyl (C=O) groups excluding carboxylic acids is 4. The minimum absolute atomic E-state index is 0.149. The molecule has 32 heavy (non-hydrogen) atoms. The molecule has 0 fully saturated rings. The van der Waals surface area contributed by atoms with Gasteiger partial charge < -0.3 is 10.2 Å². The Hall–Kier alpha value is -3.48. The molecule has 2 aromatic carbocycles. The molecular weight excluding hydrogens is 406 g/mol. The molecule has 168 valence electrons. The Morgan fingerprint density at radius 2 is 1.56 bits per heavy atom. The van der Waals surface area contributed by atoms with E-state index in [9.17, 15) is 19.2 Å². The van der Waals surface area contributed by atoms with Gasteiger partial charge in [-0.2, -0.15) is 0 Å². The highest BCUT2D eigenvalue weighted by Crippen LogP contribution is 2.23. The highest BCUT2D eigenvalue weighted by atomic mass is 16.2. The lowest BCUT2D eigenvalue weighted by atomic mass is 10.1. The number of rotatable bonds is 10. The summed E-state index contributed by atoms with van der Waals surface area (Å²) in [5.41, 5.74) is 1.89. The standard InChI is InChI=1S/C25H29N3O4/c1-3-21(23(30)26-2)27(17-15-18-10-5-4-6-11-18)22(29)14-9-16-28-24(31)19-12-7-8-13-20(19)25(28)32/h4-8,10-13,21H,3,9,14-17H2,1-2H3,(H,26,30). The molecule has 0 saturated carbocycles. The number of carbonyl (C=O) groups is 4. The maximum Gasteiger partial charge on any atom is 0.261 e. The summed E-state index contributed by atoms with van der Waals surface area (Å²) in [7, 11) is 1.56. The molecule has 7 heteroatoms. The summed E-state index contributed by atoms with van der Waals surface area (Å²) in [6.45, 7) is 2.46. The summed E-state index contributed by atoms with van der Waals surface area (Å²) < 4.78 is 0. The van der Waals surface area contributed by atoms with Crippen molar-refractivity contribution in [2.75, 3.05) is 20.1 Å². The first-order valence-electron chi connectivity index (χ1n) is 11.0. The molecule has 0 saturated heterocycles. The Balaban J connectivity index is 1.63. The van der Waals surface area contributed by atoms with Crippen LogP contribution in [0.2, 0.25) is 0 Å². The van der Waals surface area contributed by atoms with Gasteiger partial charge in [0.1, 0.15) is 6.04 Å². The van der Waals surface area contributed by atoms with Crippen molar-refractivity contribution < 1.29 is 19.2 Å². The highest BCUT2D eigenvalue weighted by molar-refractivity contribution is 6.21. The molecule has 0 aromatic heterocycles. The van der Waals surface area contributed by atoms with Gasteiger partial charge in [-0.3, -0.25) is 24.1 Å². The van der Waals surface area contributed by atoms with Gasteiger partial charge in [0.2, 0.25) is 11.8 Å². The van der Waals surface area contributed by atoms with Gasteiger partial charge in [-0.05, 0) is 37.0 Å². The molecule has 0 radical (unpaired) electrons. The number of hydrogen-bond acceptors (Lipinski definition) is 4. The van der Waals surface area contributed by atoms with E-state index >= 15 is 0 Å². The van der Waals surface area contributed by atoms with Crippen molar-refractivity contribution in [3.05, 3.63) is 71.3 Å². The second kappa shape index (κ2) is 10.7. The van der Waals surface area contributed by atoms with Gasteiger partial charge in [-0.1, -0.05) is 49.4 Å². The summed E-state index contributed by atoms with van der Waals surface area (Å²) >= 11 is 0. The van der Waals surface area contributed by atoms with E-state index in [0.29, 0.717) is 36.9 Å². The molecule has 1 atom stereocenters. The number of amides is 4. The third-order valence-electron chi connectivity index (χ3n) is 5.77. The van der Waals surface area contributed by atoms with Crippen LogP contribution < -0.4 is 5.32 Å². The number of imide groups is 1. The molecular formula is C25H29N3O4. The molecule has 0 aliphatic carbocycles. The Kier molecular flexibility index (Phi) is 7.76. The van der Waals surface area contributed by atoms with E-state index in [4.69, 9.17) is 0 Å². The zero-order valence-corrected chi connectivity index (χ0v) is 18.5. The van der Waals surface area contributed by atoms with Crippen molar-refractivity contribution in [1.82, 2.24) is 15.1 Å². The predicted molar refractivity (Wildman–Crippen MR) is 121 cm³/mol. The summed E-state index contributed by atoms with van der Waals surface area (Å²) in [4.78, 5) is 53.3. The van der Waals surface area contributed by atoms with E-state index in [0.717, 1.165) is 5.56 Å². The molecule has 1 aliphatic heterocycles. The fourth-order valence-electron chi connectivity index (χ4n) is 4.04. The van der Waals surface area contributed by atoms with Gasteiger partial charge >= 0.3 is 0 Å². The highest BCUT2D eigenvalue weighted by Gasteiger charge is 2.35. The quantitative estimate of drug-likeness (QED) is 0.582. The summed E-state index contributed by atoms with van der Waals surface area (Å²) in [6, 6.07) is 16.0. The molecule has 4 amide bonds. The van der Waals surface area contributed by atoms with Crippen molar-refractivity contribution in [2.24, 2.45) is 0 Å². The first-order valence-corrected chi connectivity index (χ1v) is 11.0. The van der Waals surface area contributed by atoms with Gasteiger partial charge in [0, 0.05) is 26.6 Å². The first kappa shape index (κ1) is 23.2. The monoisotopic (exact) mass is 435 g/mol. The largest absolute Gasteiger partial charge is 0.357 e. The van der Waals surface area contributed by atoms with Crippen molar-refractivity contribution >= 4 is 23.6 Å². The lowest BCUT2D eigenvalue weighted by Crippen LogP contribution is -2.49. The van der Waals surface area contributed by atoms with Crippen LogP contribution in [0.25, 0.3) is 0 Å². The minimum Gasteiger partial charge on any atom is -0.357 e. The average Bonchev–Trinajstić information content (AvgIpc) is 3.06.